The molecule has 1 aromatic heterocycles. The largest absolute Gasteiger partial charge is 0.494 e. The predicted molar refractivity (Wildman–Crippen MR) is 75.1 cm³/mol. The molecule has 5 heteroatoms. The van der Waals surface area contributed by atoms with Gasteiger partial charge in [-0.2, -0.15) is 9.97 Å². The lowest BCUT2D eigenvalue weighted by atomic mass is 10.0. The first-order valence-electron chi connectivity index (χ1n) is 6.23. The van der Waals surface area contributed by atoms with Gasteiger partial charge < -0.3 is 10.5 Å². The van der Waals surface area contributed by atoms with E-state index in [1.54, 1.807) is 6.92 Å². The summed E-state index contributed by atoms with van der Waals surface area (Å²) in [6.07, 6.45) is 0. The van der Waals surface area contributed by atoms with Crippen molar-refractivity contribution in [1.29, 1.82) is 0 Å². The number of hydrogen-bond acceptors (Lipinski definition) is 5. The summed E-state index contributed by atoms with van der Waals surface area (Å²) in [4.78, 5) is 12.5. The average molecular weight is 258 g/mol. The second-order valence-electron chi connectivity index (χ2n) is 4.43. The SMILES string of the molecule is CCOc1cc(C)c(-c2nc(C)nc(N)n2)cc1C. The summed E-state index contributed by atoms with van der Waals surface area (Å²) < 4.78 is 5.58. The fourth-order valence-electron chi connectivity index (χ4n) is 1.96. The first kappa shape index (κ1) is 13.3. The number of nitrogens with zero attached hydrogens (tertiary/aromatic N) is 3. The van der Waals surface area contributed by atoms with E-state index in [1.807, 2.05) is 32.9 Å². The second kappa shape index (κ2) is 5.22. The Morgan fingerprint density at radius 2 is 1.79 bits per heavy atom. The molecule has 0 atom stereocenters. The molecule has 0 unspecified atom stereocenters. The lowest BCUT2D eigenvalue weighted by Gasteiger charge is -2.12. The standard InChI is InChI=1S/C14H18N4O/c1-5-19-12-7-8(2)11(6-9(12)3)13-16-10(4)17-14(15)18-13/h6-7H,5H2,1-4H3,(H2,15,16,17,18). The minimum atomic E-state index is 0.244. The van der Waals surface area contributed by atoms with Crippen molar-refractivity contribution in [2.24, 2.45) is 0 Å². The maximum atomic E-state index is 5.68. The number of aryl methyl sites for hydroxylation is 3. The van der Waals surface area contributed by atoms with Gasteiger partial charge in [0.1, 0.15) is 11.6 Å². The Kier molecular flexibility index (Phi) is 3.64. The van der Waals surface area contributed by atoms with Crippen LogP contribution >= 0.6 is 0 Å². The van der Waals surface area contributed by atoms with Crippen LogP contribution in [0.3, 0.4) is 0 Å². The Labute approximate surface area is 112 Å². The van der Waals surface area contributed by atoms with Crippen LogP contribution < -0.4 is 10.5 Å². The van der Waals surface area contributed by atoms with Crippen LogP contribution in [0.5, 0.6) is 5.75 Å². The number of benzene rings is 1. The van der Waals surface area contributed by atoms with Crippen LogP contribution in [-0.2, 0) is 0 Å². The maximum absolute atomic E-state index is 5.68. The quantitative estimate of drug-likeness (QED) is 0.915. The molecule has 0 aliphatic carbocycles. The molecule has 0 spiro atoms. The lowest BCUT2D eigenvalue weighted by molar-refractivity contribution is 0.337. The van der Waals surface area contributed by atoms with Gasteiger partial charge in [0.2, 0.25) is 5.95 Å². The van der Waals surface area contributed by atoms with Crippen molar-refractivity contribution in [2.45, 2.75) is 27.7 Å². The predicted octanol–water partition coefficient (Wildman–Crippen LogP) is 2.44. The highest BCUT2D eigenvalue weighted by molar-refractivity contribution is 5.64. The molecule has 0 fully saturated rings. The topological polar surface area (TPSA) is 73.9 Å². The molecule has 5 nitrogen and oxygen atoms in total. The van der Waals surface area contributed by atoms with Gasteiger partial charge in [0, 0.05) is 5.56 Å². The lowest BCUT2D eigenvalue weighted by Crippen LogP contribution is -2.03. The molecule has 0 aliphatic rings. The van der Waals surface area contributed by atoms with Crippen molar-refractivity contribution in [1.82, 2.24) is 15.0 Å². The Morgan fingerprint density at radius 3 is 2.42 bits per heavy atom. The molecule has 19 heavy (non-hydrogen) atoms. The Balaban J connectivity index is 2.53. The highest BCUT2D eigenvalue weighted by atomic mass is 16.5. The average Bonchev–Trinajstić information content (AvgIpc) is 2.32. The van der Waals surface area contributed by atoms with Crippen LogP contribution in [0.1, 0.15) is 23.9 Å². The molecule has 0 saturated heterocycles. The van der Waals surface area contributed by atoms with Crippen molar-refractivity contribution < 1.29 is 4.74 Å². The van der Waals surface area contributed by atoms with Gasteiger partial charge in [0.05, 0.1) is 6.61 Å². The summed E-state index contributed by atoms with van der Waals surface area (Å²) >= 11 is 0. The molecule has 0 saturated carbocycles. The Hall–Kier alpha value is -2.17. The number of rotatable bonds is 3. The molecular weight excluding hydrogens is 240 g/mol. The van der Waals surface area contributed by atoms with Crippen molar-refractivity contribution in [3.05, 3.63) is 29.1 Å². The van der Waals surface area contributed by atoms with Crippen LogP contribution in [0.25, 0.3) is 11.4 Å². The fourth-order valence-corrected chi connectivity index (χ4v) is 1.96. The van der Waals surface area contributed by atoms with E-state index in [0.29, 0.717) is 18.3 Å². The highest BCUT2D eigenvalue weighted by Crippen LogP contribution is 2.28. The van der Waals surface area contributed by atoms with Crippen LogP contribution in [-0.4, -0.2) is 21.6 Å². The Bertz CT molecular complexity index is 590. The van der Waals surface area contributed by atoms with E-state index in [4.69, 9.17) is 10.5 Å². The van der Waals surface area contributed by atoms with Gasteiger partial charge in [0.15, 0.2) is 5.82 Å². The summed E-state index contributed by atoms with van der Waals surface area (Å²) in [5, 5.41) is 0. The molecule has 0 radical (unpaired) electrons. The van der Waals surface area contributed by atoms with E-state index in [9.17, 15) is 0 Å². The van der Waals surface area contributed by atoms with Crippen molar-refractivity contribution >= 4 is 5.95 Å². The molecule has 100 valence electrons. The molecule has 2 aromatic rings. The molecule has 2 N–H and O–H groups in total. The summed E-state index contributed by atoms with van der Waals surface area (Å²) in [6.45, 7) is 8.44. The highest BCUT2D eigenvalue weighted by Gasteiger charge is 2.11. The van der Waals surface area contributed by atoms with Gasteiger partial charge in [-0.1, -0.05) is 0 Å². The molecular formula is C14H18N4O. The van der Waals surface area contributed by atoms with Crippen LogP contribution in [0.4, 0.5) is 5.95 Å². The fraction of sp³-hybridized carbons (Fsp3) is 0.357. The van der Waals surface area contributed by atoms with Crippen LogP contribution in [0.15, 0.2) is 12.1 Å². The monoisotopic (exact) mass is 258 g/mol. The van der Waals surface area contributed by atoms with E-state index in [2.05, 4.69) is 15.0 Å². The zero-order chi connectivity index (χ0) is 14.0. The molecule has 1 heterocycles. The van der Waals surface area contributed by atoms with E-state index >= 15 is 0 Å². The first-order chi connectivity index (χ1) is 9.01. The number of hydrogen-bond donors (Lipinski definition) is 1. The molecule has 0 bridgehead atoms. The maximum Gasteiger partial charge on any atom is 0.223 e. The summed E-state index contributed by atoms with van der Waals surface area (Å²) in [5.74, 6) is 2.36. The minimum absolute atomic E-state index is 0.244. The van der Waals surface area contributed by atoms with E-state index in [-0.39, 0.29) is 5.95 Å². The van der Waals surface area contributed by atoms with Crippen LogP contribution in [0.2, 0.25) is 0 Å². The molecule has 0 amide bonds. The van der Waals surface area contributed by atoms with E-state index < -0.39 is 0 Å². The minimum Gasteiger partial charge on any atom is -0.494 e. The summed E-state index contributed by atoms with van der Waals surface area (Å²) in [6, 6.07) is 4.03. The number of nitrogens with two attached hydrogens (primary N) is 1. The van der Waals surface area contributed by atoms with Crippen molar-refractivity contribution in [3.63, 3.8) is 0 Å². The van der Waals surface area contributed by atoms with Gasteiger partial charge in [-0.3, -0.25) is 0 Å². The van der Waals surface area contributed by atoms with Gasteiger partial charge in [-0.15, -0.1) is 0 Å². The third-order valence-corrected chi connectivity index (χ3v) is 2.83. The third kappa shape index (κ3) is 2.81. The molecule has 1 aromatic carbocycles. The van der Waals surface area contributed by atoms with E-state index in [1.165, 1.54) is 0 Å². The normalized spacial score (nSPS) is 10.5. The van der Waals surface area contributed by atoms with Gasteiger partial charge >= 0.3 is 0 Å². The number of ether oxygens (including phenoxy) is 1. The zero-order valence-electron chi connectivity index (χ0n) is 11.7. The van der Waals surface area contributed by atoms with Crippen molar-refractivity contribution in [2.75, 3.05) is 12.3 Å². The second-order valence-corrected chi connectivity index (χ2v) is 4.43. The van der Waals surface area contributed by atoms with Gasteiger partial charge in [0.25, 0.3) is 0 Å². The number of aromatic nitrogens is 3. The smallest absolute Gasteiger partial charge is 0.223 e. The van der Waals surface area contributed by atoms with Crippen LogP contribution in [0, 0.1) is 20.8 Å². The number of anilines is 1. The first-order valence-corrected chi connectivity index (χ1v) is 6.23. The van der Waals surface area contributed by atoms with Crippen molar-refractivity contribution in [3.8, 4) is 17.1 Å². The molecule has 2 rings (SSSR count). The third-order valence-electron chi connectivity index (χ3n) is 2.83. The zero-order valence-corrected chi connectivity index (χ0v) is 11.7. The molecule has 0 aliphatic heterocycles. The number of nitrogen functional groups attached to an aromatic ring is 1. The van der Waals surface area contributed by atoms with Gasteiger partial charge in [-0.25, -0.2) is 4.98 Å². The summed E-state index contributed by atoms with van der Waals surface area (Å²) in [7, 11) is 0. The van der Waals surface area contributed by atoms with Gasteiger partial charge in [-0.05, 0) is 51.0 Å². The van der Waals surface area contributed by atoms with E-state index in [0.717, 1.165) is 22.4 Å². The Morgan fingerprint density at radius 1 is 1.05 bits per heavy atom. The summed E-state index contributed by atoms with van der Waals surface area (Å²) in [5.41, 5.74) is 8.74.